The zero-order valence-corrected chi connectivity index (χ0v) is 7.91. The number of hydrogen-bond acceptors (Lipinski definition) is 5. The number of nitrogens with zero attached hydrogens (tertiary/aromatic N) is 2. The Labute approximate surface area is 80.8 Å². The van der Waals surface area contributed by atoms with Crippen molar-refractivity contribution in [2.24, 2.45) is 0 Å². The lowest BCUT2D eigenvalue weighted by atomic mass is 9.78. The summed E-state index contributed by atoms with van der Waals surface area (Å²) in [7, 11) is 0. The zero-order chi connectivity index (χ0) is 10.2. The van der Waals surface area contributed by atoms with Crippen molar-refractivity contribution in [2.45, 2.75) is 31.7 Å². The molecule has 0 radical (unpaired) electrons. The summed E-state index contributed by atoms with van der Waals surface area (Å²) in [6.45, 7) is 2.00. The van der Waals surface area contributed by atoms with Gasteiger partial charge in [0.15, 0.2) is 0 Å². The van der Waals surface area contributed by atoms with E-state index in [1.54, 1.807) is 0 Å². The summed E-state index contributed by atoms with van der Waals surface area (Å²) in [6.07, 6.45) is 3.12. The Bertz CT molecular complexity index is 356. The Morgan fingerprint density at radius 2 is 2.29 bits per heavy atom. The van der Waals surface area contributed by atoms with Crippen LogP contribution in [0.15, 0.2) is 4.63 Å². The van der Waals surface area contributed by atoms with Gasteiger partial charge in [-0.1, -0.05) is 0 Å². The predicted molar refractivity (Wildman–Crippen MR) is 48.4 cm³/mol. The van der Waals surface area contributed by atoms with Crippen LogP contribution in [0.4, 0.5) is 5.82 Å². The van der Waals surface area contributed by atoms with Crippen molar-refractivity contribution in [1.29, 1.82) is 0 Å². The molecule has 1 aromatic rings. The van der Waals surface area contributed by atoms with E-state index in [2.05, 4.69) is 20.3 Å². The van der Waals surface area contributed by atoms with Crippen LogP contribution in [0.25, 0.3) is 0 Å². The number of rotatable bonds is 2. The SMILES string of the molecule is CC1(NC(=O)c2nonc2N)CCC1. The van der Waals surface area contributed by atoms with E-state index in [1.807, 2.05) is 6.92 Å². The summed E-state index contributed by atoms with van der Waals surface area (Å²) < 4.78 is 4.35. The van der Waals surface area contributed by atoms with Crippen molar-refractivity contribution in [3.05, 3.63) is 5.69 Å². The summed E-state index contributed by atoms with van der Waals surface area (Å²) in [5.41, 5.74) is 5.35. The minimum atomic E-state index is -0.314. The van der Waals surface area contributed by atoms with E-state index in [9.17, 15) is 4.79 Å². The number of amides is 1. The molecule has 0 saturated heterocycles. The van der Waals surface area contributed by atoms with Gasteiger partial charge in [-0.15, -0.1) is 0 Å². The van der Waals surface area contributed by atoms with E-state index < -0.39 is 0 Å². The fourth-order valence-corrected chi connectivity index (χ4v) is 1.52. The minimum absolute atomic E-state index is 0.0328. The molecule has 1 amide bonds. The molecule has 0 aromatic carbocycles. The summed E-state index contributed by atoms with van der Waals surface area (Å²) in [4.78, 5) is 11.6. The molecule has 0 bridgehead atoms. The quantitative estimate of drug-likeness (QED) is 0.710. The molecular formula is C8H12N4O2. The number of nitrogen functional groups attached to an aromatic ring is 1. The molecule has 1 aliphatic rings. The van der Waals surface area contributed by atoms with Crippen LogP contribution in [0.3, 0.4) is 0 Å². The first kappa shape index (κ1) is 8.98. The molecule has 2 rings (SSSR count). The maximum absolute atomic E-state index is 11.6. The third-order valence-corrected chi connectivity index (χ3v) is 2.60. The molecule has 3 N–H and O–H groups in total. The zero-order valence-electron chi connectivity index (χ0n) is 7.91. The van der Waals surface area contributed by atoms with Crippen molar-refractivity contribution >= 4 is 11.7 Å². The molecule has 1 aromatic heterocycles. The molecule has 76 valence electrons. The molecule has 1 heterocycles. The second kappa shape index (κ2) is 2.97. The fraction of sp³-hybridized carbons (Fsp3) is 0.625. The lowest BCUT2D eigenvalue weighted by Crippen LogP contribution is -2.51. The number of carbonyl (C=O) groups excluding carboxylic acids is 1. The topological polar surface area (TPSA) is 94.0 Å². The van der Waals surface area contributed by atoms with Gasteiger partial charge in [-0.2, -0.15) is 0 Å². The van der Waals surface area contributed by atoms with E-state index in [4.69, 9.17) is 5.73 Å². The van der Waals surface area contributed by atoms with Gasteiger partial charge in [-0.05, 0) is 36.5 Å². The van der Waals surface area contributed by atoms with Crippen LogP contribution in [0.5, 0.6) is 0 Å². The van der Waals surface area contributed by atoms with Crippen LogP contribution >= 0.6 is 0 Å². The molecule has 1 fully saturated rings. The van der Waals surface area contributed by atoms with E-state index in [-0.39, 0.29) is 23.0 Å². The van der Waals surface area contributed by atoms with Gasteiger partial charge >= 0.3 is 0 Å². The number of carbonyl (C=O) groups is 1. The maximum atomic E-state index is 11.6. The number of nitrogens with one attached hydrogen (secondary N) is 1. The molecule has 14 heavy (non-hydrogen) atoms. The van der Waals surface area contributed by atoms with Gasteiger partial charge in [0.25, 0.3) is 5.91 Å². The number of aromatic nitrogens is 2. The average molecular weight is 196 g/mol. The van der Waals surface area contributed by atoms with Crippen molar-refractivity contribution in [2.75, 3.05) is 5.73 Å². The van der Waals surface area contributed by atoms with E-state index in [0.29, 0.717) is 0 Å². The van der Waals surface area contributed by atoms with Gasteiger partial charge in [0.05, 0.1) is 0 Å². The Morgan fingerprint density at radius 1 is 1.57 bits per heavy atom. The first-order chi connectivity index (χ1) is 6.61. The molecule has 1 aliphatic carbocycles. The highest BCUT2D eigenvalue weighted by Gasteiger charge is 2.34. The molecule has 1 saturated carbocycles. The number of anilines is 1. The first-order valence-corrected chi connectivity index (χ1v) is 4.51. The van der Waals surface area contributed by atoms with Crippen LogP contribution in [0.1, 0.15) is 36.7 Å². The summed E-state index contributed by atoms with van der Waals surface area (Å²) in [6, 6.07) is 0. The Balaban J connectivity index is 2.06. The molecule has 6 nitrogen and oxygen atoms in total. The van der Waals surface area contributed by atoms with E-state index >= 15 is 0 Å². The number of hydrogen-bond donors (Lipinski definition) is 2. The fourth-order valence-electron chi connectivity index (χ4n) is 1.52. The van der Waals surface area contributed by atoms with Crippen molar-refractivity contribution < 1.29 is 9.42 Å². The largest absolute Gasteiger partial charge is 0.379 e. The molecule has 0 unspecified atom stereocenters. The van der Waals surface area contributed by atoms with Gasteiger partial charge in [-0.3, -0.25) is 4.79 Å². The monoisotopic (exact) mass is 196 g/mol. The highest BCUT2D eigenvalue weighted by molar-refractivity contribution is 5.96. The standard InChI is InChI=1S/C8H12N4O2/c1-8(3-2-4-8)10-7(13)5-6(9)12-14-11-5/h2-4H2,1H3,(H2,9,12)(H,10,13). The predicted octanol–water partition coefficient (Wildman–Crippen LogP) is 0.324. The van der Waals surface area contributed by atoms with Crippen molar-refractivity contribution in [3.63, 3.8) is 0 Å². The average Bonchev–Trinajstić information content (AvgIpc) is 2.48. The normalized spacial score (nSPS) is 18.6. The van der Waals surface area contributed by atoms with Crippen LogP contribution in [0.2, 0.25) is 0 Å². The van der Waals surface area contributed by atoms with Gasteiger partial charge in [0.2, 0.25) is 11.5 Å². The molecule has 6 heteroatoms. The van der Waals surface area contributed by atoms with Gasteiger partial charge in [-0.25, -0.2) is 4.63 Å². The summed E-state index contributed by atoms with van der Waals surface area (Å²) in [5, 5.41) is 9.63. The van der Waals surface area contributed by atoms with Crippen molar-refractivity contribution in [3.8, 4) is 0 Å². The minimum Gasteiger partial charge on any atom is -0.379 e. The van der Waals surface area contributed by atoms with Gasteiger partial charge in [0, 0.05) is 5.54 Å². The Morgan fingerprint density at radius 3 is 2.71 bits per heavy atom. The van der Waals surface area contributed by atoms with Crippen LogP contribution in [-0.4, -0.2) is 21.8 Å². The Kier molecular flexibility index (Phi) is 1.90. The lowest BCUT2D eigenvalue weighted by molar-refractivity contribution is 0.0841. The molecule has 0 aliphatic heterocycles. The lowest BCUT2D eigenvalue weighted by Gasteiger charge is -2.38. The third-order valence-electron chi connectivity index (χ3n) is 2.60. The van der Waals surface area contributed by atoms with Gasteiger partial charge < -0.3 is 11.1 Å². The highest BCUT2D eigenvalue weighted by atomic mass is 16.6. The second-order valence-electron chi connectivity index (χ2n) is 3.87. The first-order valence-electron chi connectivity index (χ1n) is 4.51. The summed E-state index contributed by atoms with van der Waals surface area (Å²) >= 11 is 0. The molecule has 0 spiro atoms. The second-order valence-corrected chi connectivity index (χ2v) is 3.87. The van der Waals surface area contributed by atoms with Crippen LogP contribution in [0, 0.1) is 0 Å². The number of nitrogens with two attached hydrogens (primary N) is 1. The van der Waals surface area contributed by atoms with Gasteiger partial charge in [0.1, 0.15) is 0 Å². The summed E-state index contributed by atoms with van der Waals surface area (Å²) in [5.74, 6) is -0.281. The maximum Gasteiger partial charge on any atom is 0.277 e. The van der Waals surface area contributed by atoms with Crippen LogP contribution < -0.4 is 11.1 Å². The Hall–Kier alpha value is -1.59. The van der Waals surface area contributed by atoms with E-state index in [1.165, 1.54) is 0 Å². The van der Waals surface area contributed by atoms with Crippen LogP contribution in [-0.2, 0) is 0 Å². The van der Waals surface area contributed by atoms with Crippen molar-refractivity contribution in [1.82, 2.24) is 15.6 Å². The third kappa shape index (κ3) is 1.43. The highest BCUT2D eigenvalue weighted by Crippen LogP contribution is 2.31. The smallest absolute Gasteiger partial charge is 0.277 e. The van der Waals surface area contributed by atoms with E-state index in [0.717, 1.165) is 19.3 Å². The molecular weight excluding hydrogens is 184 g/mol. The molecule has 0 atom stereocenters.